The van der Waals surface area contributed by atoms with Gasteiger partial charge in [-0.05, 0) is 38.7 Å². The van der Waals surface area contributed by atoms with Crippen molar-refractivity contribution in [1.82, 2.24) is 20.2 Å². The van der Waals surface area contributed by atoms with Gasteiger partial charge < -0.3 is 10.3 Å². The van der Waals surface area contributed by atoms with Crippen molar-refractivity contribution < 1.29 is 9.18 Å². The maximum atomic E-state index is 13.4. The van der Waals surface area contributed by atoms with E-state index in [0.717, 1.165) is 0 Å². The number of aromatic nitrogens is 2. The summed E-state index contributed by atoms with van der Waals surface area (Å²) in [5.74, 6) is -0.203. The highest BCUT2D eigenvalue weighted by molar-refractivity contribution is 5.83. The van der Waals surface area contributed by atoms with Gasteiger partial charge in [0.25, 0.3) is 5.56 Å². The number of carbonyl (C=O) groups is 1. The van der Waals surface area contributed by atoms with Crippen LogP contribution in [0.15, 0.2) is 35.1 Å². The van der Waals surface area contributed by atoms with E-state index in [1.807, 2.05) is 0 Å². The third-order valence-corrected chi connectivity index (χ3v) is 3.29. The van der Waals surface area contributed by atoms with Crippen molar-refractivity contribution in [2.24, 2.45) is 0 Å². The van der Waals surface area contributed by atoms with Gasteiger partial charge >= 0.3 is 0 Å². The molecule has 0 saturated heterocycles. The van der Waals surface area contributed by atoms with Gasteiger partial charge in [0.2, 0.25) is 5.91 Å². The van der Waals surface area contributed by atoms with Gasteiger partial charge in [0, 0.05) is 6.07 Å². The fourth-order valence-electron chi connectivity index (χ4n) is 2.37. The van der Waals surface area contributed by atoms with E-state index in [0.29, 0.717) is 17.1 Å². The molecule has 0 bridgehead atoms. The second-order valence-corrected chi connectivity index (χ2v) is 5.46. The molecule has 1 atom stereocenters. The zero-order valence-electron chi connectivity index (χ0n) is 13.3. The summed E-state index contributed by atoms with van der Waals surface area (Å²) in [5, 5.41) is 2.73. The lowest BCUT2D eigenvalue weighted by Crippen LogP contribution is -2.37. The molecule has 2 aromatic rings. The van der Waals surface area contributed by atoms with E-state index in [-0.39, 0.29) is 18.0 Å². The smallest absolute Gasteiger partial charge is 0.251 e. The molecule has 0 aliphatic carbocycles. The highest BCUT2D eigenvalue weighted by atomic mass is 19.1. The Morgan fingerprint density at radius 1 is 1.39 bits per heavy atom. The second kappa shape index (κ2) is 7.15. The van der Waals surface area contributed by atoms with Gasteiger partial charge in [0.1, 0.15) is 17.7 Å². The molecule has 1 amide bonds. The van der Waals surface area contributed by atoms with Crippen LogP contribution in [0.4, 0.5) is 4.39 Å². The van der Waals surface area contributed by atoms with Crippen LogP contribution in [0.5, 0.6) is 0 Å². The number of amides is 1. The Labute approximate surface area is 133 Å². The van der Waals surface area contributed by atoms with Crippen molar-refractivity contribution >= 4 is 5.91 Å². The summed E-state index contributed by atoms with van der Waals surface area (Å²) < 4.78 is 13.4. The van der Waals surface area contributed by atoms with Crippen LogP contribution in [-0.4, -0.2) is 34.9 Å². The van der Waals surface area contributed by atoms with E-state index < -0.39 is 11.9 Å². The maximum absolute atomic E-state index is 13.4. The number of carbonyl (C=O) groups excluding carboxylic acids is 1. The topological polar surface area (TPSA) is 78.1 Å². The Morgan fingerprint density at radius 3 is 2.74 bits per heavy atom. The summed E-state index contributed by atoms with van der Waals surface area (Å²) in [4.78, 5) is 32.2. The van der Waals surface area contributed by atoms with Gasteiger partial charge in [-0.25, -0.2) is 9.37 Å². The number of halogens is 1. The third kappa shape index (κ3) is 4.46. The van der Waals surface area contributed by atoms with E-state index in [9.17, 15) is 14.0 Å². The lowest BCUT2D eigenvalue weighted by atomic mass is 10.1. The van der Waals surface area contributed by atoms with Crippen molar-refractivity contribution in [3.63, 3.8) is 0 Å². The van der Waals surface area contributed by atoms with E-state index in [1.54, 1.807) is 38.1 Å². The van der Waals surface area contributed by atoms with Crippen LogP contribution in [0, 0.1) is 12.7 Å². The van der Waals surface area contributed by atoms with Crippen molar-refractivity contribution in [1.29, 1.82) is 0 Å². The Hall–Kier alpha value is -2.54. The fraction of sp³-hybridized carbons (Fsp3) is 0.312. The predicted molar refractivity (Wildman–Crippen MR) is 84.3 cm³/mol. The van der Waals surface area contributed by atoms with Crippen molar-refractivity contribution in [3.05, 3.63) is 63.6 Å². The first-order valence-corrected chi connectivity index (χ1v) is 7.13. The molecule has 122 valence electrons. The molecule has 1 aromatic carbocycles. The first-order valence-electron chi connectivity index (χ1n) is 7.13. The Bertz CT molecular complexity index is 758. The van der Waals surface area contributed by atoms with Gasteiger partial charge in [-0.2, -0.15) is 0 Å². The van der Waals surface area contributed by atoms with Crippen LogP contribution in [-0.2, 0) is 11.3 Å². The largest absolute Gasteiger partial charge is 0.349 e. The van der Waals surface area contributed by atoms with E-state index >= 15 is 0 Å². The molecule has 2 rings (SSSR count). The molecule has 0 spiro atoms. The molecular weight excluding hydrogens is 299 g/mol. The van der Waals surface area contributed by atoms with Crippen LogP contribution in [0.1, 0.15) is 23.1 Å². The molecule has 1 aromatic heterocycles. The van der Waals surface area contributed by atoms with Gasteiger partial charge in [-0.1, -0.05) is 12.1 Å². The van der Waals surface area contributed by atoms with Gasteiger partial charge in [0.05, 0.1) is 12.2 Å². The van der Waals surface area contributed by atoms with Crippen LogP contribution >= 0.6 is 0 Å². The predicted octanol–water partition coefficient (Wildman–Crippen LogP) is 1.14. The lowest BCUT2D eigenvalue weighted by molar-refractivity contribution is -0.126. The standard InChI is InChI=1S/C16H19FN4O2/c1-10-19-13(8-14(22)20-10)9-18-16(23)15(21(2)3)11-5-4-6-12(17)7-11/h4-8,15H,9H2,1-3H3,(H,18,23)(H,19,20,22). The molecule has 6 nitrogen and oxygen atoms in total. The molecule has 7 heteroatoms. The number of H-pyrrole nitrogens is 1. The normalized spacial score (nSPS) is 12.2. The molecule has 0 aliphatic heterocycles. The van der Waals surface area contributed by atoms with Gasteiger partial charge in [-0.3, -0.25) is 14.5 Å². The SMILES string of the molecule is Cc1nc(CNC(=O)C(c2cccc(F)c2)N(C)C)cc(=O)[nH]1. The zero-order valence-corrected chi connectivity index (χ0v) is 13.3. The second-order valence-electron chi connectivity index (χ2n) is 5.46. The summed E-state index contributed by atoms with van der Waals surface area (Å²) in [6.45, 7) is 1.80. The molecule has 0 aliphatic rings. The summed E-state index contributed by atoms with van der Waals surface area (Å²) in [6.07, 6.45) is 0. The van der Waals surface area contributed by atoms with Crippen molar-refractivity contribution in [3.8, 4) is 0 Å². The van der Waals surface area contributed by atoms with Crippen LogP contribution < -0.4 is 10.9 Å². The van der Waals surface area contributed by atoms with E-state index in [1.165, 1.54) is 18.2 Å². The molecule has 0 saturated carbocycles. The van der Waals surface area contributed by atoms with Gasteiger partial charge in [0.15, 0.2) is 0 Å². The Balaban J connectivity index is 2.14. The van der Waals surface area contributed by atoms with E-state index in [4.69, 9.17) is 0 Å². The number of hydrogen-bond acceptors (Lipinski definition) is 4. The highest BCUT2D eigenvalue weighted by Gasteiger charge is 2.23. The summed E-state index contributed by atoms with van der Waals surface area (Å²) >= 11 is 0. The molecule has 1 heterocycles. The van der Waals surface area contributed by atoms with Crippen LogP contribution in [0.2, 0.25) is 0 Å². The molecular formula is C16H19FN4O2. The van der Waals surface area contributed by atoms with E-state index in [2.05, 4.69) is 15.3 Å². The monoisotopic (exact) mass is 318 g/mol. The number of rotatable bonds is 5. The number of nitrogens with one attached hydrogen (secondary N) is 2. The first-order chi connectivity index (χ1) is 10.9. The Kier molecular flexibility index (Phi) is 5.23. The number of benzene rings is 1. The molecule has 2 N–H and O–H groups in total. The molecule has 0 fully saturated rings. The summed E-state index contributed by atoms with van der Waals surface area (Å²) in [7, 11) is 3.48. The maximum Gasteiger partial charge on any atom is 0.251 e. The molecule has 0 radical (unpaired) electrons. The number of likely N-dealkylation sites (N-methyl/N-ethyl adjacent to an activating group) is 1. The lowest BCUT2D eigenvalue weighted by Gasteiger charge is -2.23. The first kappa shape index (κ1) is 16.8. The summed E-state index contributed by atoms with van der Waals surface area (Å²) in [6, 6.07) is 6.63. The zero-order chi connectivity index (χ0) is 17.0. The minimum atomic E-state index is -0.631. The fourth-order valence-corrected chi connectivity index (χ4v) is 2.37. The number of aryl methyl sites for hydroxylation is 1. The quantitative estimate of drug-likeness (QED) is 0.866. The van der Waals surface area contributed by atoms with Gasteiger partial charge in [-0.15, -0.1) is 0 Å². The van der Waals surface area contributed by atoms with Crippen molar-refractivity contribution in [2.45, 2.75) is 19.5 Å². The summed E-state index contributed by atoms with van der Waals surface area (Å²) in [5.41, 5.74) is 0.759. The average Bonchev–Trinajstić information content (AvgIpc) is 2.44. The number of aromatic amines is 1. The average molecular weight is 318 g/mol. The van der Waals surface area contributed by atoms with Crippen molar-refractivity contribution in [2.75, 3.05) is 14.1 Å². The van der Waals surface area contributed by atoms with Crippen LogP contribution in [0.25, 0.3) is 0 Å². The minimum Gasteiger partial charge on any atom is -0.349 e. The highest BCUT2D eigenvalue weighted by Crippen LogP contribution is 2.19. The number of hydrogen-bond donors (Lipinski definition) is 2. The van der Waals surface area contributed by atoms with Crippen LogP contribution in [0.3, 0.4) is 0 Å². The number of nitrogens with zero attached hydrogens (tertiary/aromatic N) is 2. The third-order valence-electron chi connectivity index (χ3n) is 3.29. The molecule has 23 heavy (non-hydrogen) atoms. The molecule has 1 unspecified atom stereocenters. The Morgan fingerprint density at radius 2 is 2.13 bits per heavy atom. The minimum absolute atomic E-state index is 0.128.